The maximum atomic E-state index is 12.3. The van der Waals surface area contributed by atoms with Gasteiger partial charge in [0.25, 0.3) is 0 Å². The molecule has 7 heteroatoms. The number of hydrogen-bond acceptors (Lipinski definition) is 5. The van der Waals surface area contributed by atoms with Crippen LogP contribution in [0, 0.1) is 25.2 Å². The standard InChI is InChI=1S/C24H24N4O3/c1-17-21(18(2)28(27-17)20-7-5-4-6-8-20)16-26-24(29)12-10-19-9-11-22(31-14-13-25)23(15-19)30-3/h4-12,15H,14,16H2,1-3H3,(H,26,29)/b12-10+. The summed E-state index contributed by atoms with van der Waals surface area (Å²) in [5, 5.41) is 16.2. The molecule has 1 aromatic heterocycles. The summed E-state index contributed by atoms with van der Waals surface area (Å²) in [5.41, 5.74) is 4.62. The molecule has 7 nitrogen and oxygen atoms in total. The van der Waals surface area contributed by atoms with E-state index in [9.17, 15) is 4.79 Å². The maximum Gasteiger partial charge on any atom is 0.244 e. The van der Waals surface area contributed by atoms with Crippen LogP contribution in [0.3, 0.4) is 0 Å². The fraction of sp³-hybridized carbons (Fsp3) is 0.208. The van der Waals surface area contributed by atoms with E-state index in [2.05, 4.69) is 10.4 Å². The summed E-state index contributed by atoms with van der Waals surface area (Å²) < 4.78 is 12.5. The van der Waals surface area contributed by atoms with Crippen LogP contribution in [0.4, 0.5) is 0 Å². The lowest BCUT2D eigenvalue weighted by Crippen LogP contribution is -2.21. The van der Waals surface area contributed by atoms with Crippen molar-refractivity contribution in [2.75, 3.05) is 13.7 Å². The fourth-order valence-corrected chi connectivity index (χ4v) is 3.17. The van der Waals surface area contributed by atoms with Crippen molar-refractivity contribution >= 4 is 12.0 Å². The summed E-state index contributed by atoms with van der Waals surface area (Å²) in [6.07, 6.45) is 3.16. The highest BCUT2D eigenvalue weighted by atomic mass is 16.5. The number of para-hydroxylation sites is 1. The molecule has 0 aliphatic heterocycles. The summed E-state index contributed by atoms with van der Waals surface area (Å²) >= 11 is 0. The van der Waals surface area contributed by atoms with Gasteiger partial charge in [0.15, 0.2) is 18.1 Å². The van der Waals surface area contributed by atoms with Gasteiger partial charge < -0.3 is 14.8 Å². The molecule has 0 aliphatic rings. The summed E-state index contributed by atoms with van der Waals surface area (Å²) in [6, 6.07) is 17.0. The Morgan fingerprint density at radius 1 is 1.19 bits per heavy atom. The molecule has 1 N–H and O–H groups in total. The van der Waals surface area contributed by atoms with Crippen LogP contribution in [0.5, 0.6) is 11.5 Å². The molecule has 0 radical (unpaired) electrons. The van der Waals surface area contributed by atoms with E-state index < -0.39 is 0 Å². The second-order valence-electron chi connectivity index (χ2n) is 6.80. The highest BCUT2D eigenvalue weighted by molar-refractivity contribution is 5.91. The lowest BCUT2D eigenvalue weighted by atomic mass is 10.1. The zero-order chi connectivity index (χ0) is 22.2. The molecule has 0 saturated carbocycles. The Morgan fingerprint density at radius 2 is 1.97 bits per heavy atom. The van der Waals surface area contributed by atoms with E-state index in [4.69, 9.17) is 14.7 Å². The molecule has 0 spiro atoms. The summed E-state index contributed by atoms with van der Waals surface area (Å²) in [5.74, 6) is 0.763. The minimum absolute atomic E-state index is 0.0619. The maximum absolute atomic E-state index is 12.3. The van der Waals surface area contributed by atoms with Crippen molar-refractivity contribution in [3.8, 4) is 23.3 Å². The third-order valence-corrected chi connectivity index (χ3v) is 4.79. The lowest BCUT2D eigenvalue weighted by molar-refractivity contribution is -0.116. The van der Waals surface area contributed by atoms with Crippen LogP contribution in [0.2, 0.25) is 0 Å². The highest BCUT2D eigenvalue weighted by Gasteiger charge is 2.13. The van der Waals surface area contributed by atoms with Gasteiger partial charge in [-0.2, -0.15) is 10.4 Å². The zero-order valence-electron chi connectivity index (χ0n) is 17.8. The Kier molecular flexibility index (Phi) is 7.07. The van der Waals surface area contributed by atoms with Gasteiger partial charge in [-0.25, -0.2) is 4.68 Å². The molecular weight excluding hydrogens is 392 g/mol. The van der Waals surface area contributed by atoms with E-state index in [0.29, 0.717) is 18.0 Å². The van der Waals surface area contributed by atoms with Crippen molar-refractivity contribution in [2.24, 2.45) is 0 Å². The normalized spacial score (nSPS) is 10.6. The number of benzene rings is 2. The van der Waals surface area contributed by atoms with Gasteiger partial charge in [0.2, 0.25) is 5.91 Å². The topological polar surface area (TPSA) is 89.2 Å². The first-order chi connectivity index (χ1) is 15.0. The van der Waals surface area contributed by atoms with Gasteiger partial charge >= 0.3 is 0 Å². The molecule has 158 valence electrons. The third-order valence-electron chi connectivity index (χ3n) is 4.79. The van der Waals surface area contributed by atoms with E-state index in [1.165, 1.54) is 13.2 Å². The van der Waals surface area contributed by atoms with Gasteiger partial charge in [0.1, 0.15) is 6.07 Å². The number of aromatic nitrogens is 2. The number of nitrogens with one attached hydrogen (secondary N) is 1. The monoisotopic (exact) mass is 416 g/mol. The molecule has 0 saturated heterocycles. The molecule has 0 bridgehead atoms. The van der Waals surface area contributed by atoms with Gasteiger partial charge in [-0.15, -0.1) is 0 Å². The average Bonchev–Trinajstić information content (AvgIpc) is 3.08. The molecule has 31 heavy (non-hydrogen) atoms. The largest absolute Gasteiger partial charge is 0.493 e. The molecule has 2 aromatic carbocycles. The van der Waals surface area contributed by atoms with Crippen molar-refractivity contribution < 1.29 is 14.3 Å². The number of hydrogen-bond donors (Lipinski definition) is 1. The predicted molar refractivity (Wildman–Crippen MR) is 118 cm³/mol. The van der Waals surface area contributed by atoms with Crippen molar-refractivity contribution in [1.29, 1.82) is 5.26 Å². The van der Waals surface area contributed by atoms with Gasteiger partial charge in [-0.05, 0) is 49.8 Å². The van der Waals surface area contributed by atoms with E-state index in [0.717, 1.165) is 28.2 Å². The quantitative estimate of drug-likeness (QED) is 0.565. The van der Waals surface area contributed by atoms with E-state index in [1.807, 2.05) is 54.9 Å². The SMILES string of the molecule is COc1cc(/C=C/C(=O)NCc2c(C)nn(-c3ccccc3)c2C)ccc1OCC#N. The van der Waals surface area contributed by atoms with Gasteiger partial charge in [0.05, 0.1) is 18.5 Å². The van der Waals surface area contributed by atoms with E-state index in [1.54, 1.807) is 24.3 Å². The smallest absolute Gasteiger partial charge is 0.244 e. The molecule has 1 heterocycles. The Morgan fingerprint density at radius 3 is 2.68 bits per heavy atom. The molecule has 0 atom stereocenters. The number of carbonyl (C=O) groups excluding carboxylic acids is 1. The number of amides is 1. The van der Waals surface area contributed by atoms with Crippen molar-refractivity contribution in [1.82, 2.24) is 15.1 Å². The average molecular weight is 416 g/mol. The molecule has 0 unspecified atom stereocenters. The third kappa shape index (κ3) is 5.31. The highest BCUT2D eigenvalue weighted by Crippen LogP contribution is 2.28. The Labute approximate surface area is 181 Å². The number of nitrogens with zero attached hydrogens (tertiary/aromatic N) is 3. The van der Waals surface area contributed by atoms with Crippen LogP contribution in [0.1, 0.15) is 22.5 Å². The number of rotatable bonds is 8. The van der Waals surface area contributed by atoms with Crippen LogP contribution < -0.4 is 14.8 Å². The fourth-order valence-electron chi connectivity index (χ4n) is 3.17. The van der Waals surface area contributed by atoms with Gasteiger partial charge in [-0.3, -0.25) is 4.79 Å². The number of methoxy groups -OCH3 is 1. The van der Waals surface area contributed by atoms with Crippen molar-refractivity contribution in [2.45, 2.75) is 20.4 Å². The van der Waals surface area contributed by atoms with Crippen LogP contribution >= 0.6 is 0 Å². The van der Waals surface area contributed by atoms with Crippen LogP contribution in [-0.2, 0) is 11.3 Å². The summed E-state index contributed by atoms with van der Waals surface area (Å²) in [4.78, 5) is 12.3. The zero-order valence-corrected chi connectivity index (χ0v) is 17.8. The molecule has 0 aliphatic carbocycles. The van der Waals surface area contributed by atoms with Gasteiger partial charge in [-0.1, -0.05) is 24.3 Å². The first kappa shape index (κ1) is 21.7. The first-order valence-electron chi connectivity index (χ1n) is 9.77. The molecule has 1 amide bonds. The van der Waals surface area contributed by atoms with Crippen LogP contribution in [0.25, 0.3) is 11.8 Å². The predicted octanol–water partition coefficient (Wildman–Crippen LogP) is 3.73. The molecule has 3 rings (SSSR count). The van der Waals surface area contributed by atoms with Crippen molar-refractivity contribution in [3.05, 3.63) is 77.1 Å². The molecule has 0 fully saturated rings. The number of carbonyl (C=O) groups is 1. The van der Waals surface area contributed by atoms with E-state index in [-0.39, 0.29) is 12.5 Å². The van der Waals surface area contributed by atoms with Crippen LogP contribution in [0.15, 0.2) is 54.6 Å². The second kappa shape index (κ2) is 10.1. The van der Waals surface area contributed by atoms with Gasteiger partial charge in [0, 0.05) is 23.9 Å². The minimum Gasteiger partial charge on any atom is -0.493 e. The number of ether oxygens (including phenoxy) is 2. The second-order valence-corrected chi connectivity index (χ2v) is 6.80. The minimum atomic E-state index is -0.213. The summed E-state index contributed by atoms with van der Waals surface area (Å²) in [7, 11) is 1.52. The van der Waals surface area contributed by atoms with E-state index >= 15 is 0 Å². The Hall–Kier alpha value is -4.05. The molecular formula is C24H24N4O3. The lowest BCUT2D eigenvalue weighted by Gasteiger charge is -2.09. The van der Waals surface area contributed by atoms with Crippen molar-refractivity contribution in [3.63, 3.8) is 0 Å². The summed E-state index contributed by atoms with van der Waals surface area (Å²) in [6.45, 7) is 4.25. The molecule has 3 aromatic rings. The Balaban J connectivity index is 1.65. The Bertz CT molecular complexity index is 1130. The number of aryl methyl sites for hydroxylation is 1. The van der Waals surface area contributed by atoms with Crippen LogP contribution in [-0.4, -0.2) is 29.4 Å². The number of nitriles is 1. The first-order valence-corrected chi connectivity index (χ1v) is 9.77.